The molecule has 0 aliphatic rings. The largest absolute Gasteiger partial charge is 0.489 e. The molecule has 0 unspecified atom stereocenters. The molecule has 1 heterocycles. The van der Waals surface area contributed by atoms with Crippen molar-refractivity contribution in [2.75, 3.05) is 7.11 Å². The lowest BCUT2D eigenvalue weighted by Crippen LogP contribution is -2.23. The standard InChI is InChI=1S/C12H9Cl2FN2O2/c1-19-10-11(14)16-6-17(12(10)18)5-7-2-3-8(13)4-9(7)15/h2-4,6H,5H2,1H3. The number of nitrogens with zero attached hydrogens (tertiary/aromatic N) is 2. The highest BCUT2D eigenvalue weighted by Gasteiger charge is 2.12. The van der Waals surface area contributed by atoms with Crippen LogP contribution in [0.4, 0.5) is 4.39 Å². The normalized spacial score (nSPS) is 10.5. The van der Waals surface area contributed by atoms with Crippen LogP contribution < -0.4 is 10.3 Å². The van der Waals surface area contributed by atoms with E-state index in [9.17, 15) is 9.18 Å². The first kappa shape index (κ1) is 13.8. The van der Waals surface area contributed by atoms with Crippen LogP contribution in [-0.4, -0.2) is 16.7 Å². The molecule has 0 saturated carbocycles. The van der Waals surface area contributed by atoms with Gasteiger partial charge in [0.15, 0.2) is 5.15 Å². The van der Waals surface area contributed by atoms with Gasteiger partial charge in [0.2, 0.25) is 5.75 Å². The van der Waals surface area contributed by atoms with Gasteiger partial charge in [-0.3, -0.25) is 9.36 Å². The smallest absolute Gasteiger partial charge is 0.297 e. The van der Waals surface area contributed by atoms with Crippen molar-refractivity contribution in [2.45, 2.75) is 6.54 Å². The minimum Gasteiger partial charge on any atom is -0.489 e. The fourth-order valence-corrected chi connectivity index (χ4v) is 1.93. The molecule has 0 bridgehead atoms. The van der Waals surface area contributed by atoms with E-state index in [1.807, 2.05) is 0 Å². The second-order valence-corrected chi connectivity index (χ2v) is 4.53. The van der Waals surface area contributed by atoms with Gasteiger partial charge in [-0.2, -0.15) is 0 Å². The summed E-state index contributed by atoms with van der Waals surface area (Å²) >= 11 is 11.4. The Morgan fingerprint density at radius 3 is 2.79 bits per heavy atom. The summed E-state index contributed by atoms with van der Waals surface area (Å²) in [4.78, 5) is 15.8. The Labute approximate surface area is 118 Å². The number of ether oxygens (including phenoxy) is 1. The monoisotopic (exact) mass is 302 g/mol. The number of rotatable bonds is 3. The van der Waals surface area contributed by atoms with E-state index < -0.39 is 11.4 Å². The fraction of sp³-hybridized carbons (Fsp3) is 0.167. The van der Waals surface area contributed by atoms with Crippen LogP contribution in [0, 0.1) is 5.82 Å². The van der Waals surface area contributed by atoms with Crippen LogP contribution in [0.2, 0.25) is 10.2 Å². The quantitative estimate of drug-likeness (QED) is 0.819. The van der Waals surface area contributed by atoms with E-state index in [0.717, 1.165) is 0 Å². The highest BCUT2D eigenvalue weighted by molar-refractivity contribution is 6.30. The Morgan fingerprint density at radius 1 is 1.42 bits per heavy atom. The lowest BCUT2D eigenvalue weighted by atomic mass is 10.2. The number of hydrogen-bond donors (Lipinski definition) is 0. The lowest BCUT2D eigenvalue weighted by Gasteiger charge is -2.09. The van der Waals surface area contributed by atoms with Gasteiger partial charge < -0.3 is 4.74 Å². The summed E-state index contributed by atoms with van der Waals surface area (Å²) in [6.45, 7) is 0.0162. The molecule has 0 saturated heterocycles. The molecule has 1 aromatic carbocycles. The zero-order valence-electron chi connectivity index (χ0n) is 9.86. The van der Waals surface area contributed by atoms with E-state index in [1.165, 1.54) is 30.1 Å². The van der Waals surface area contributed by atoms with Gasteiger partial charge in [0.05, 0.1) is 20.0 Å². The Balaban J connectivity index is 2.42. The topological polar surface area (TPSA) is 44.1 Å². The number of halogens is 3. The molecule has 0 amide bonds. The Morgan fingerprint density at radius 2 is 2.16 bits per heavy atom. The summed E-state index contributed by atoms with van der Waals surface area (Å²) in [6.07, 6.45) is 1.24. The first-order valence-electron chi connectivity index (χ1n) is 5.25. The van der Waals surface area contributed by atoms with E-state index in [2.05, 4.69) is 4.98 Å². The summed E-state index contributed by atoms with van der Waals surface area (Å²) < 4.78 is 19.7. The molecule has 4 nitrogen and oxygen atoms in total. The van der Waals surface area contributed by atoms with Crippen LogP contribution in [-0.2, 0) is 6.54 Å². The van der Waals surface area contributed by atoms with E-state index in [1.54, 1.807) is 6.07 Å². The molecule has 1 aromatic heterocycles. The van der Waals surface area contributed by atoms with Crippen LogP contribution >= 0.6 is 23.2 Å². The minimum absolute atomic E-state index is 0.0162. The van der Waals surface area contributed by atoms with E-state index in [-0.39, 0.29) is 17.4 Å². The van der Waals surface area contributed by atoms with Crippen molar-refractivity contribution in [3.05, 3.63) is 56.4 Å². The summed E-state index contributed by atoms with van der Waals surface area (Å²) in [5, 5.41) is 0.265. The number of aromatic nitrogens is 2. The van der Waals surface area contributed by atoms with Gasteiger partial charge in [0, 0.05) is 10.6 Å². The fourth-order valence-electron chi connectivity index (χ4n) is 1.57. The third kappa shape index (κ3) is 2.88. The predicted molar refractivity (Wildman–Crippen MR) is 70.6 cm³/mol. The summed E-state index contributed by atoms with van der Waals surface area (Å²) in [7, 11) is 1.32. The number of methoxy groups -OCH3 is 1. The van der Waals surface area contributed by atoms with E-state index >= 15 is 0 Å². The van der Waals surface area contributed by atoms with Crippen molar-refractivity contribution in [3.8, 4) is 5.75 Å². The SMILES string of the molecule is COc1c(Cl)ncn(Cc2ccc(Cl)cc2F)c1=O. The highest BCUT2D eigenvalue weighted by atomic mass is 35.5. The van der Waals surface area contributed by atoms with Gasteiger partial charge in [-0.1, -0.05) is 29.3 Å². The highest BCUT2D eigenvalue weighted by Crippen LogP contribution is 2.17. The summed E-state index contributed by atoms with van der Waals surface area (Å²) in [5.74, 6) is -0.563. The summed E-state index contributed by atoms with van der Waals surface area (Å²) in [5.41, 5.74) is -0.158. The average molecular weight is 303 g/mol. The van der Waals surface area contributed by atoms with Crippen LogP contribution in [0.15, 0.2) is 29.3 Å². The van der Waals surface area contributed by atoms with Crippen molar-refractivity contribution >= 4 is 23.2 Å². The van der Waals surface area contributed by atoms with Gasteiger partial charge in [0.1, 0.15) is 5.82 Å². The molecule has 0 spiro atoms. The van der Waals surface area contributed by atoms with Crippen molar-refractivity contribution in [1.29, 1.82) is 0 Å². The molecular formula is C12H9Cl2FN2O2. The van der Waals surface area contributed by atoms with Gasteiger partial charge in [-0.15, -0.1) is 0 Å². The Bertz CT molecular complexity index is 673. The molecule has 0 N–H and O–H groups in total. The number of hydrogen-bond acceptors (Lipinski definition) is 3. The van der Waals surface area contributed by atoms with Gasteiger partial charge in [0.25, 0.3) is 5.56 Å². The summed E-state index contributed by atoms with van der Waals surface area (Å²) in [6, 6.07) is 4.24. The van der Waals surface area contributed by atoms with Gasteiger partial charge in [-0.25, -0.2) is 9.37 Å². The first-order valence-corrected chi connectivity index (χ1v) is 6.01. The molecule has 0 radical (unpaired) electrons. The maximum atomic E-state index is 13.7. The molecule has 100 valence electrons. The molecule has 0 aliphatic carbocycles. The van der Waals surface area contributed by atoms with Gasteiger partial charge >= 0.3 is 0 Å². The average Bonchev–Trinajstić information content (AvgIpc) is 2.36. The predicted octanol–water partition coefficient (Wildman–Crippen LogP) is 2.75. The van der Waals surface area contributed by atoms with Crippen molar-refractivity contribution < 1.29 is 9.13 Å². The van der Waals surface area contributed by atoms with E-state index in [4.69, 9.17) is 27.9 Å². The van der Waals surface area contributed by atoms with Crippen LogP contribution in [0.25, 0.3) is 0 Å². The zero-order valence-corrected chi connectivity index (χ0v) is 11.4. The van der Waals surface area contributed by atoms with Gasteiger partial charge in [-0.05, 0) is 12.1 Å². The number of benzene rings is 1. The van der Waals surface area contributed by atoms with Crippen molar-refractivity contribution in [3.63, 3.8) is 0 Å². The maximum absolute atomic E-state index is 13.7. The molecule has 0 fully saturated rings. The molecule has 0 aliphatic heterocycles. The molecule has 19 heavy (non-hydrogen) atoms. The third-order valence-electron chi connectivity index (χ3n) is 2.51. The molecule has 2 aromatic rings. The first-order chi connectivity index (χ1) is 9.02. The van der Waals surface area contributed by atoms with Crippen LogP contribution in [0.3, 0.4) is 0 Å². The van der Waals surface area contributed by atoms with Crippen molar-refractivity contribution in [1.82, 2.24) is 9.55 Å². The maximum Gasteiger partial charge on any atom is 0.297 e. The van der Waals surface area contributed by atoms with Crippen LogP contribution in [0.5, 0.6) is 5.75 Å². The zero-order chi connectivity index (χ0) is 14.0. The lowest BCUT2D eigenvalue weighted by molar-refractivity contribution is 0.400. The molecule has 7 heteroatoms. The van der Waals surface area contributed by atoms with E-state index in [0.29, 0.717) is 10.6 Å². The van der Waals surface area contributed by atoms with Crippen LogP contribution in [0.1, 0.15) is 5.56 Å². The minimum atomic E-state index is -0.492. The second kappa shape index (κ2) is 5.59. The molecule has 2 rings (SSSR count). The Kier molecular flexibility index (Phi) is 4.07. The second-order valence-electron chi connectivity index (χ2n) is 3.74. The third-order valence-corrected chi connectivity index (χ3v) is 3.02. The van der Waals surface area contributed by atoms with Crippen molar-refractivity contribution in [2.24, 2.45) is 0 Å². The Hall–Kier alpha value is -1.59. The molecule has 0 atom stereocenters. The molecular weight excluding hydrogens is 294 g/mol.